The number of hydrogen-bond donors (Lipinski definition) is 2. The third-order valence-corrected chi connectivity index (χ3v) is 3.85. The van der Waals surface area contributed by atoms with E-state index < -0.39 is 0 Å². The molecule has 2 N–H and O–H groups in total. The smallest absolute Gasteiger partial charge is 0.274 e. The quantitative estimate of drug-likeness (QED) is 0.365. The molecule has 0 aliphatic carbocycles. The van der Waals surface area contributed by atoms with E-state index in [0.717, 1.165) is 24.2 Å². The second kappa shape index (κ2) is 9.28. The van der Waals surface area contributed by atoms with Crippen molar-refractivity contribution in [2.75, 3.05) is 12.0 Å². The Morgan fingerprint density at radius 1 is 1.11 bits per heavy atom. The molecule has 1 heterocycles. The lowest BCUT2D eigenvalue weighted by molar-refractivity contribution is 0.311. The van der Waals surface area contributed by atoms with Crippen LogP contribution in [-0.4, -0.2) is 28.0 Å². The molecule has 7 heteroatoms. The van der Waals surface area contributed by atoms with Gasteiger partial charge >= 0.3 is 0 Å². The Labute approximate surface area is 157 Å². The topological polar surface area (TPSA) is 92.3 Å². The first kappa shape index (κ1) is 18.3. The number of hydrazone groups is 1. The van der Waals surface area contributed by atoms with Crippen LogP contribution in [0.25, 0.3) is 0 Å². The van der Waals surface area contributed by atoms with Crippen LogP contribution in [0.4, 0.5) is 5.95 Å². The first-order chi connectivity index (χ1) is 13.2. The molecule has 0 saturated heterocycles. The number of benzene rings is 2. The molecule has 138 valence electrons. The Kier molecular flexibility index (Phi) is 6.30. The maximum absolute atomic E-state index is 11.4. The highest BCUT2D eigenvalue weighted by Crippen LogP contribution is 2.12. The van der Waals surface area contributed by atoms with Crippen molar-refractivity contribution in [2.45, 2.75) is 19.8 Å². The fourth-order valence-corrected chi connectivity index (χ4v) is 2.37. The fraction of sp³-hybridized carbons (Fsp3) is 0.200. The summed E-state index contributed by atoms with van der Waals surface area (Å²) in [7, 11) is 0. The van der Waals surface area contributed by atoms with Crippen LogP contribution in [0.3, 0.4) is 0 Å². The summed E-state index contributed by atoms with van der Waals surface area (Å²) in [6.45, 7) is 2.26. The Hall–Kier alpha value is -3.48. The minimum atomic E-state index is -0.295. The second-order valence-electron chi connectivity index (χ2n) is 5.96. The highest BCUT2D eigenvalue weighted by molar-refractivity contribution is 5.80. The minimum Gasteiger partial charge on any atom is -0.494 e. The molecule has 3 aromatic rings. The van der Waals surface area contributed by atoms with Gasteiger partial charge in [0, 0.05) is 0 Å². The number of nitrogens with one attached hydrogen (secondary N) is 2. The van der Waals surface area contributed by atoms with Gasteiger partial charge in [0.2, 0.25) is 5.95 Å². The summed E-state index contributed by atoms with van der Waals surface area (Å²) in [5.74, 6) is 1.02. The van der Waals surface area contributed by atoms with Gasteiger partial charge in [0.25, 0.3) is 5.56 Å². The maximum atomic E-state index is 11.4. The van der Waals surface area contributed by atoms with Crippen molar-refractivity contribution < 1.29 is 4.74 Å². The number of hydrogen-bond acceptors (Lipinski definition) is 6. The lowest BCUT2D eigenvalue weighted by Gasteiger charge is -2.06. The molecule has 3 rings (SSSR count). The summed E-state index contributed by atoms with van der Waals surface area (Å²) in [5.41, 5.74) is 4.87. The van der Waals surface area contributed by atoms with Crippen molar-refractivity contribution in [3.63, 3.8) is 0 Å². The normalized spacial score (nSPS) is 10.9. The predicted molar refractivity (Wildman–Crippen MR) is 105 cm³/mol. The molecule has 0 fully saturated rings. The van der Waals surface area contributed by atoms with Crippen LogP contribution < -0.4 is 15.7 Å². The zero-order valence-electron chi connectivity index (χ0n) is 15.1. The average molecular weight is 363 g/mol. The minimum absolute atomic E-state index is 0.195. The maximum Gasteiger partial charge on any atom is 0.274 e. The summed E-state index contributed by atoms with van der Waals surface area (Å²) in [6.07, 6.45) is 3.59. The Morgan fingerprint density at radius 3 is 2.63 bits per heavy atom. The van der Waals surface area contributed by atoms with E-state index in [1.54, 1.807) is 13.1 Å². The highest BCUT2D eigenvalue weighted by Gasteiger charge is 1.98. The van der Waals surface area contributed by atoms with Crippen LogP contribution in [0.5, 0.6) is 5.75 Å². The molecule has 0 unspecified atom stereocenters. The van der Waals surface area contributed by atoms with Crippen molar-refractivity contribution in [3.05, 3.63) is 81.8 Å². The number of ether oxygens (including phenoxy) is 1. The summed E-state index contributed by atoms with van der Waals surface area (Å²) in [6, 6.07) is 18.0. The molecule has 0 amide bonds. The number of rotatable bonds is 8. The summed E-state index contributed by atoms with van der Waals surface area (Å²) >= 11 is 0. The number of anilines is 1. The van der Waals surface area contributed by atoms with E-state index in [-0.39, 0.29) is 11.5 Å². The number of aromatic nitrogens is 3. The average Bonchev–Trinajstić information content (AvgIpc) is 2.70. The number of nitrogens with zero attached hydrogens (tertiary/aromatic N) is 3. The van der Waals surface area contributed by atoms with Crippen LogP contribution in [0.2, 0.25) is 0 Å². The van der Waals surface area contributed by atoms with Crippen molar-refractivity contribution in [1.29, 1.82) is 0 Å². The van der Waals surface area contributed by atoms with Crippen LogP contribution >= 0.6 is 0 Å². The number of aromatic amines is 1. The second-order valence-corrected chi connectivity index (χ2v) is 5.96. The van der Waals surface area contributed by atoms with Gasteiger partial charge in [-0.15, -0.1) is 10.2 Å². The van der Waals surface area contributed by atoms with Crippen LogP contribution in [0.1, 0.15) is 23.2 Å². The van der Waals surface area contributed by atoms with Gasteiger partial charge in [0.1, 0.15) is 11.4 Å². The molecule has 1 aromatic heterocycles. The van der Waals surface area contributed by atoms with E-state index in [2.05, 4.69) is 37.8 Å². The summed E-state index contributed by atoms with van der Waals surface area (Å²) < 4.78 is 5.76. The first-order valence-corrected chi connectivity index (χ1v) is 8.70. The van der Waals surface area contributed by atoms with Crippen molar-refractivity contribution in [2.24, 2.45) is 5.10 Å². The molecule has 27 heavy (non-hydrogen) atoms. The molecule has 0 bridgehead atoms. The molecule has 0 spiro atoms. The molecule has 0 atom stereocenters. The third kappa shape index (κ3) is 5.78. The Bertz CT molecular complexity index is 937. The molecule has 0 aliphatic rings. The van der Waals surface area contributed by atoms with Gasteiger partial charge in [-0.1, -0.05) is 30.3 Å². The van der Waals surface area contributed by atoms with Crippen molar-refractivity contribution in [3.8, 4) is 5.75 Å². The third-order valence-electron chi connectivity index (χ3n) is 3.85. The first-order valence-electron chi connectivity index (χ1n) is 8.70. The zero-order chi connectivity index (χ0) is 18.9. The fourth-order valence-electron chi connectivity index (χ4n) is 2.37. The van der Waals surface area contributed by atoms with Crippen LogP contribution in [0, 0.1) is 6.92 Å². The highest BCUT2D eigenvalue weighted by atomic mass is 16.5. The largest absolute Gasteiger partial charge is 0.494 e. The molecule has 0 saturated carbocycles. The Balaban J connectivity index is 1.44. The van der Waals surface area contributed by atoms with Crippen LogP contribution in [0.15, 0.2) is 64.5 Å². The molecular formula is C20H21N5O2. The molecular weight excluding hydrogens is 342 g/mol. The number of aryl methyl sites for hydroxylation is 2. The van der Waals surface area contributed by atoms with Gasteiger partial charge in [0.05, 0.1) is 12.8 Å². The van der Waals surface area contributed by atoms with E-state index in [0.29, 0.717) is 12.3 Å². The SMILES string of the molecule is Cc1nnc(N/N=C/c2ccc(OCCCc3ccccc3)cc2)[nH]c1=O. The van der Waals surface area contributed by atoms with Gasteiger partial charge < -0.3 is 4.74 Å². The lowest BCUT2D eigenvalue weighted by Crippen LogP contribution is -2.15. The van der Waals surface area contributed by atoms with E-state index in [9.17, 15) is 4.79 Å². The summed E-state index contributed by atoms with van der Waals surface area (Å²) in [5, 5.41) is 11.6. The van der Waals surface area contributed by atoms with Gasteiger partial charge in [-0.25, -0.2) is 5.43 Å². The van der Waals surface area contributed by atoms with Crippen LogP contribution in [-0.2, 0) is 6.42 Å². The van der Waals surface area contributed by atoms with E-state index >= 15 is 0 Å². The van der Waals surface area contributed by atoms with E-state index in [1.165, 1.54) is 5.56 Å². The van der Waals surface area contributed by atoms with E-state index in [4.69, 9.17) is 4.74 Å². The lowest BCUT2D eigenvalue weighted by atomic mass is 10.1. The molecule has 0 radical (unpaired) electrons. The van der Waals surface area contributed by atoms with Gasteiger partial charge in [-0.2, -0.15) is 5.10 Å². The van der Waals surface area contributed by atoms with Gasteiger partial charge in [-0.05, 0) is 55.2 Å². The van der Waals surface area contributed by atoms with Gasteiger partial charge in [-0.3, -0.25) is 9.78 Å². The zero-order valence-corrected chi connectivity index (χ0v) is 15.1. The molecule has 7 nitrogen and oxygen atoms in total. The molecule has 2 aromatic carbocycles. The monoisotopic (exact) mass is 363 g/mol. The van der Waals surface area contributed by atoms with Crippen molar-refractivity contribution in [1.82, 2.24) is 15.2 Å². The Morgan fingerprint density at radius 2 is 1.89 bits per heavy atom. The summed E-state index contributed by atoms with van der Waals surface area (Å²) in [4.78, 5) is 14.0. The van der Waals surface area contributed by atoms with E-state index in [1.807, 2.05) is 42.5 Å². The predicted octanol–water partition coefficient (Wildman–Crippen LogP) is 2.93. The van der Waals surface area contributed by atoms with Crippen molar-refractivity contribution >= 4 is 12.2 Å². The molecule has 0 aliphatic heterocycles. The number of H-pyrrole nitrogens is 1. The van der Waals surface area contributed by atoms with Gasteiger partial charge in [0.15, 0.2) is 0 Å². The standard InChI is InChI=1S/C20H21N5O2/c1-15-19(26)22-20(25-23-15)24-21-14-17-9-11-18(12-10-17)27-13-5-8-16-6-3-2-4-7-16/h2-4,6-7,9-12,14H,5,8,13H2,1H3,(H2,22,24,25,26)/b21-14+.